The van der Waals surface area contributed by atoms with Crippen molar-refractivity contribution >= 4 is 23.3 Å². The predicted octanol–water partition coefficient (Wildman–Crippen LogP) is 0.432. The Bertz CT molecular complexity index is 572. The number of nitrogen functional groups attached to an aromatic ring is 1. The van der Waals surface area contributed by atoms with E-state index in [9.17, 15) is 4.79 Å². The predicted molar refractivity (Wildman–Crippen MR) is 74.0 cm³/mol. The van der Waals surface area contributed by atoms with E-state index < -0.39 is 0 Å². The lowest BCUT2D eigenvalue weighted by atomic mass is 10.2. The smallest absolute Gasteiger partial charge is 0.251 e. The van der Waals surface area contributed by atoms with E-state index in [0.29, 0.717) is 24.5 Å². The molecule has 0 aliphatic rings. The highest BCUT2D eigenvalue weighted by Gasteiger charge is 2.08. The van der Waals surface area contributed by atoms with Gasteiger partial charge in [0.25, 0.3) is 5.91 Å². The van der Waals surface area contributed by atoms with Crippen molar-refractivity contribution in [2.75, 3.05) is 12.0 Å². The van der Waals surface area contributed by atoms with Crippen LogP contribution >= 0.6 is 11.6 Å². The molecule has 1 amide bonds. The number of carbonyl (C=O) groups is 1. The second-order valence-electron chi connectivity index (χ2n) is 3.98. The largest absolute Gasteiger partial charge is 0.352 e. The minimum Gasteiger partial charge on any atom is -0.352 e. The van der Waals surface area contributed by atoms with Gasteiger partial charge in [0.1, 0.15) is 11.0 Å². The van der Waals surface area contributed by atoms with Crippen molar-refractivity contribution in [3.63, 3.8) is 0 Å². The fraction of sp³-hybridized carbons (Fsp3) is 0.273. The van der Waals surface area contributed by atoms with Gasteiger partial charge < -0.3 is 10.7 Å². The molecule has 0 aliphatic carbocycles. The molecule has 0 saturated heterocycles. The Labute approximate surface area is 120 Å². The molecule has 20 heavy (non-hydrogen) atoms. The highest BCUT2D eigenvalue weighted by Crippen LogP contribution is 2.13. The number of nitrogens with two attached hydrogens (primary N) is 1. The van der Waals surface area contributed by atoms with Gasteiger partial charge in [-0.3, -0.25) is 9.48 Å². The molecule has 2 rings (SSSR count). The number of amides is 1. The van der Waals surface area contributed by atoms with Gasteiger partial charge in [0, 0.05) is 24.8 Å². The Balaban J connectivity index is 1.83. The first-order valence-electron chi connectivity index (χ1n) is 5.95. The summed E-state index contributed by atoms with van der Waals surface area (Å²) in [4.78, 5) is 15.8. The molecule has 0 radical (unpaired) electrons. The molecule has 0 saturated carbocycles. The van der Waals surface area contributed by atoms with E-state index in [1.54, 1.807) is 17.1 Å². The highest BCUT2D eigenvalue weighted by molar-refractivity contribution is 6.29. The maximum absolute atomic E-state index is 11.9. The third-order valence-corrected chi connectivity index (χ3v) is 2.72. The molecule has 0 bridgehead atoms. The number of nitrogens with zero attached hydrogens (tertiary/aromatic N) is 4. The zero-order valence-corrected chi connectivity index (χ0v) is 11.3. The van der Waals surface area contributed by atoms with Crippen LogP contribution in [0.5, 0.6) is 0 Å². The van der Waals surface area contributed by atoms with Gasteiger partial charge in [-0.2, -0.15) is 0 Å². The van der Waals surface area contributed by atoms with Crippen LogP contribution in [-0.4, -0.2) is 32.4 Å². The van der Waals surface area contributed by atoms with Crippen molar-refractivity contribution in [1.82, 2.24) is 25.3 Å². The summed E-state index contributed by atoms with van der Waals surface area (Å²) in [5, 5.41) is 10.5. The summed E-state index contributed by atoms with van der Waals surface area (Å²) in [6.45, 7) is 1.21. The molecule has 0 spiro atoms. The summed E-state index contributed by atoms with van der Waals surface area (Å²) in [6.07, 6.45) is 4.12. The van der Waals surface area contributed by atoms with Crippen molar-refractivity contribution in [1.29, 1.82) is 0 Å². The Hall–Kier alpha value is -2.19. The lowest BCUT2D eigenvalue weighted by molar-refractivity contribution is 0.0952. The maximum atomic E-state index is 11.9. The number of pyridine rings is 1. The number of rotatable bonds is 6. The zero-order chi connectivity index (χ0) is 14.4. The van der Waals surface area contributed by atoms with Crippen LogP contribution in [0, 0.1) is 0 Å². The first-order chi connectivity index (χ1) is 9.69. The molecule has 8 nitrogen and oxygen atoms in total. The topological polar surface area (TPSA) is 111 Å². The van der Waals surface area contributed by atoms with E-state index >= 15 is 0 Å². The van der Waals surface area contributed by atoms with Crippen molar-refractivity contribution < 1.29 is 4.79 Å². The van der Waals surface area contributed by atoms with E-state index in [1.165, 1.54) is 12.1 Å². The van der Waals surface area contributed by atoms with E-state index in [2.05, 4.69) is 26.0 Å². The summed E-state index contributed by atoms with van der Waals surface area (Å²) >= 11 is 5.80. The maximum Gasteiger partial charge on any atom is 0.251 e. The molecule has 106 valence electrons. The fourth-order valence-electron chi connectivity index (χ4n) is 1.60. The number of hydrogen-bond acceptors (Lipinski definition) is 6. The third-order valence-electron chi connectivity index (χ3n) is 2.53. The number of hydrogen-bond donors (Lipinski definition) is 3. The second-order valence-corrected chi connectivity index (χ2v) is 4.37. The van der Waals surface area contributed by atoms with Gasteiger partial charge in [-0.1, -0.05) is 16.8 Å². The summed E-state index contributed by atoms with van der Waals surface area (Å²) in [7, 11) is 0. The number of nitrogens with one attached hydrogen (secondary N) is 2. The van der Waals surface area contributed by atoms with Crippen molar-refractivity contribution in [3.05, 3.63) is 35.2 Å². The Morgan fingerprint density at radius 1 is 1.45 bits per heavy atom. The van der Waals surface area contributed by atoms with Gasteiger partial charge in [-0.25, -0.2) is 10.8 Å². The zero-order valence-electron chi connectivity index (χ0n) is 10.6. The molecule has 0 unspecified atom stereocenters. The molecule has 0 atom stereocenters. The summed E-state index contributed by atoms with van der Waals surface area (Å²) in [6, 6.07) is 3.01. The standard InChI is InChI=1S/C11H14ClN7O/c12-9-6-8(7-10(16-9)17-13)11(20)14-2-1-4-19-5-3-15-18-19/h3,5-7H,1-2,4,13H2,(H,14,20)(H,16,17). The van der Waals surface area contributed by atoms with Gasteiger partial charge in [0.15, 0.2) is 0 Å². The van der Waals surface area contributed by atoms with Gasteiger partial charge in [0.2, 0.25) is 0 Å². The minimum absolute atomic E-state index is 0.202. The third kappa shape index (κ3) is 3.90. The summed E-state index contributed by atoms with van der Waals surface area (Å²) in [5.74, 6) is 5.35. The molecule has 2 aromatic rings. The van der Waals surface area contributed by atoms with Crippen molar-refractivity contribution in [3.8, 4) is 0 Å². The van der Waals surface area contributed by atoms with Gasteiger partial charge in [-0.05, 0) is 18.6 Å². The van der Waals surface area contributed by atoms with Crippen LogP contribution in [0.2, 0.25) is 5.15 Å². The number of hydrazine groups is 1. The molecule has 2 heterocycles. The average molecular weight is 296 g/mol. The molecule has 9 heteroatoms. The normalized spacial score (nSPS) is 10.3. The van der Waals surface area contributed by atoms with Crippen LogP contribution in [0.1, 0.15) is 16.8 Å². The molecule has 4 N–H and O–H groups in total. The lowest BCUT2D eigenvalue weighted by Crippen LogP contribution is -2.25. The Kier molecular flexibility index (Phi) is 4.85. The van der Waals surface area contributed by atoms with Gasteiger partial charge in [-0.15, -0.1) is 5.10 Å². The van der Waals surface area contributed by atoms with Crippen LogP contribution in [-0.2, 0) is 6.54 Å². The molecule has 0 fully saturated rings. The Morgan fingerprint density at radius 3 is 3.00 bits per heavy atom. The number of aromatic nitrogens is 4. The molecular weight excluding hydrogens is 282 g/mol. The molecule has 0 aliphatic heterocycles. The fourth-order valence-corrected chi connectivity index (χ4v) is 1.81. The summed E-state index contributed by atoms with van der Waals surface area (Å²) < 4.78 is 1.70. The second kappa shape index (κ2) is 6.83. The Morgan fingerprint density at radius 2 is 2.30 bits per heavy atom. The number of halogens is 1. The van der Waals surface area contributed by atoms with Crippen LogP contribution in [0.3, 0.4) is 0 Å². The highest BCUT2D eigenvalue weighted by atomic mass is 35.5. The minimum atomic E-state index is -0.232. The monoisotopic (exact) mass is 295 g/mol. The van der Waals surface area contributed by atoms with Crippen LogP contribution < -0.4 is 16.6 Å². The number of aryl methyl sites for hydroxylation is 1. The average Bonchev–Trinajstić information content (AvgIpc) is 2.95. The van der Waals surface area contributed by atoms with E-state index in [0.717, 1.165) is 6.42 Å². The van der Waals surface area contributed by atoms with E-state index in [1.807, 2.05) is 0 Å². The molecular formula is C11H14ClN7O. The quantitative estimate of drug-likeness (QED) is 0.308. The van der Waals surface area contributed by atoms with E-state index in [4.69, 9.17) is 17.4 Å². The summed E-state index contributed by atoms with van der Waals surface area (Å²) in [5.41, 5.74) is 2.76. The van der Waals surface area contributed by atoms with E-state index in [-0.39, 0.29) is 11.1 Å². The van der Waals surface area contributed by atoms with Crippen LogP contribution in [0.15, 0.2) is 24.5 Å². The number of carbonyl (C=O) groups excluding carboxylic acids is 1. The SMILES string of the molecule is NNc1cc(C(=O)NCCCn2ccnn2)cc(Cl)n1. The van der Waals surface area contributed by atoms with Gasteiger partial charge in [0.05, 0.1) is 6.20 Å². The van der Waals surface area contributed by atoms with Crippen molar-refractivity contribution in [2.24, 2.45) is 5.84 Å². The van der Waals surface area contributed by atoms with Crippen molar-refractivity contribution in [2.45, 2.75) is 13.0 Å². The lowest BCUT2D eigenvalue weighted by Gasteiger charge is -2.07. The number of anilines is 1. The first kappa shape index (κ1) is 14.2. The van der Waals surface area contributed by atoms with Gasteiger partial charge >= 0.3 is 0 Å². The molecule has 2 aromatic heterocycles. The first-order valence-corrected chi connectivity index (χ1v) is 6.33. The van der Waals surface area contributed by atoms with Crippen LogP contribution in [0.25, 0.3) is 0 Å². The van der Waals surface area contributed by atoms with Crippen LogP contribution in [0.4, 0.5) is 5.82 Å². The molecule has 0 aromatic carbocycles.